The van der Waals surface area contributed by atoms with Crippen molar-refractivity contribution in [3.05, 3.63) is 69.9 Å². The number of anilines is 1. The van der Waals surface area contributed by atoms with Crippen LogP contribution in [0.3, 0.4) is 0 Å². The number of benzene rings is 2. The summed E-state index contributed by atoms with van der Waals surface area (Å²) in [6.45, 7) is 18.8. The minimum atomic E-state index is -0.988. The third kappa shape index (κ3) is 7.24. The normalized spacial score (nSPS) is 20.8. The second-order valence-corrected chi connectivity index (χ2v) is 15.3. The van der Waals surface area contributed by atoms with Crippen LogP contribution in [0.4, 0.5) is 5.82 Å². The van der Waals surface area contributed by atoms with Crippen molar-refractivity contribution in [2.45, 2.75) is 91.6 Å². The van der Waals surface area contributed by atoms with Gasteiger partial charge in [0.15, 0.2) is 6.10 Å². The Bertz CT molecular complexity index is 1890. The average Bonchev–Trinajstić information content (AvgIpc) is 3.41. The minimum absolute atomic E-state index is 0.161. The number of esters is 1. The Hall–Kier alpha value is -3.63. The quantitative estimate of drug-likeness (QED) is 0.155. The summed E-state index contributed by atoms with van der Waals surface area (Å²) in [7, 11) is 1.40. The summed E-state index contributed by atoms with van der Waals surface area (Å²) < 4.78 is 32.9. The summed E-state index contributed by atoms with van der Waals surface area (Å²) in [5.74, 6) is 1.10. The number of piperidine rings is 1. The molecule has 6 bridgehead atoms. The lowest BCUT2D eigenvalue weighted by Crippen LogP contribution is -2.46. The van der Waals surface area contributed by atoms with Gasteiger partial charge < -0.3 is 28.6 Å². The second-order valence-electron chi connectivity index (χ2n) is 14.9. The molecule has 0 amide bonds. The fourth-order valence-electron chi connectivity index (χ4n) is 6.98. The summed E-state index contributed by atoms with van der Waals surface area (Å²) in [5, 5.41) is 0.459. The molecule has 1 saturated heterocycles. The number of pyridine rings is 1. The smallest absolute Gasteiger partial charge is 0.339 e. The monoisotopic (exact) mass is 703 g/mol. The summed E-state index contributed by atoms with van der Waals surface area (Å²) in [4.78, 5) is 21.1. The molecule has 4 aromatic rings. The molecule has 9 nitrogen and oxygen atoms in total. The Balaban J connectivity index is 1.60. The van der Waals surface area contributed by atoms with E-state index in [-0.39, 0.29) is 11.7 Å². The van der Waals surface area contributed by atoms with Crippen LogP contribution in [-0.4, -0.2) is 72.7 Å². The molecule has 0 N–H and O–H groups in total. The van der Waals surface area contributed by atoms with E-state index >= 15 is 0 Å². The van der Waals surface area contributed by atoms with E-state index in [4.69, 9.17) is 40.3 Å². The number of methoxy groups -OCH3 is 1. The lowest BCUT2D eigenvalue weighted by atomic mass is 9.92. The zero-order valence-electron chi connectivity index (χ0n) is 30.8. The van der Waals surface area contributed by atoms with Crippen LogP contribution in [-0.2, 0) is 23.7 Å². The molecule has 7 rings (SSSR count). The minimum Gasteiger partial charge on any atom is -0.488 e. The van der Waals surface area contributed by atoms with E-state index in [9.17, 15) is 4.79 Å². The summed E-state index contributed by atoms with van der Waals surface area (Å²) >= 11 is 7.47. The van der Waals surface area contributed by atoms with Crippen molar-refractivity contribution in [2.24, 2.45) is 0 Å². The molecule has 10 heteroatoms. The molecular weight excluding hydrogens is 654 g/mol. The molecule has 2 aromatic carbocycles. The van der Waals surface area contributed by atoms with Crippen molar-refractivity contribution in [3.63, 3.8) is 0 Å². The van der Waals surface area contributed by atoms with Crippen LogP contribution in [0.5, 0.6) is 5.75 Å². The third-order valence-electron chi connectivity index (χ3n) is 9.79. The van der Waals surface area contributed by atoms with Crippen molar-refractivity contribution < 1.29 is 28.5 Å². The molecule has 3 aliphatic rings. The topological polar surface area (TPSA) is 83.8 Å². The molecule has 2 aromatic heterocycles. The van der Waals surface area contributed by atoms with Gasteiger partial charge in [-0.2, -0.15) is 0 Å². The Morgan fingerprint density at radius 1 is 1.04 bits per heavy atom. The van der Waals surface area contributed by atoms with Crippen LogP contribution in [0.1, 0.15) is 75.8 Å². The van der Waals surface area contributed by atoms with E-state index in [1.165, 1.54) is 7.11 Å². The van der Waals surface area contributed by atoms with Crippen LogP contribution < -0.4 is 9.64 Å². The van der Waals surface area contributed by atoms with Gasteiger partial charge in [0.1, 0.15) is 34.2 Å². The molecule has 3 aliphatic heterocycles. The number of rotatable bonds is 3. The highest BCUT2D eigenvalue weighted by Gasteiger charge is 2.39. The van der Waals surface area contributed by atoms with E-state index in [2.05, 4.69) is 49.1 Å². The summed E-state index contributed by atoms with van der Waals surface area (Å²) in [5.41, 5.74) is 6.87. The Morgan fingerprint density at radius 2 is 1.76 bits per heavy atom. The van der Waals surface area contributed by atoms with Gasteiger partial charge in [0.05, 0.1) is 38.1 Å². The zero-order chi connectivity index (χ0) is 36.0. The van der Waals surface area contributed by atoms with Gasteiger partial charge in [0, 0.05) is 29.8 Å². The standard InChI is InChI=1S/C40H50ClN3O6/c1-24-13-14-30-28-11-10-12-29(22-28)33-35(41)44-36(42-33)27(4)26(3)32(34(38(45)46-9)50-39(5,6)7)37(44)43-17-15-40(8,16-18-43)48-20-19-47-23-25(2)49-31(30)21-24/h10-14,21-22,25,34H,15-20,23H2,1-9H3/t25-,34-/m0/s1. The van der Waals surface area contributed by atoms with Gasteiger partial charge in [0.25, 0.3) is 0 Å². The zero-order valence-corrected chi connectivity index (χ0v) is 31.6. The molecule has 268 valence electrons. The lowest BCUT2D eigenvalue weighted by molar-refractivity contribution is -0.164. The molecule has 50 heavy (non-hydrogen) atoms. The number of hydrogen-bond acceptors (Lipinski definition) is 8. The highest BCUT2D eigenvalue weighted by atomic mass is 35.5. The maximum Gasteiger partial charge on any atom is 0.339 e. The number of fused-ring (bicyclic) bond motifs is 8. The van der Waals surface area contributed by atoms with Crippen molar-refractivity contribution in [3.8, 4) is 28.1 Å². The molecule has 5 heterocycles. The van der Waals surface area contributed by atoms with E-state index in [1.54, 1.807) is 0 Å². The van der Waals surface area contributed by atoms with Crippen LogP contribution in [0.2, 0.25) is 5.15 Å². The number of aromatic nitrogens is 2. The van der Waals surface area contributed by atoms with Crippen LogP contribution in [0, 0.1) is 20.8 Å². The predicted octanol–water partition coefficient (Wildman–Crippen LogP) is 8.45. The maximum atomic E-state index is 13.6. The summed E-state index contributed by atoms with van der Waals surface area (Å²) in [6, 6.07) is 14.5. The maximum absolute atomic E-state index is 13.6. The first kappa shape index (κ1) is 36.2. The molecular formula is C40H50ClN3O6. The molecule has 0 radical (unpaired) electrons. The van der Waals surface area contributed by atoms with Gasteiger partial charge in [0.2, 0.25) is 0 Å². The summed E-state index contributed by atoms with van der Waals surface area (Å²) in [6.07, 6.45) is 0.380. The SMILES string of the molecule is COC(=O)[C@@H](OC(C)(C)C)c1c(C)c(C)c2nc3c(Cl)n2c1N1CCC(C)(CC1)OCCOC[C@H](C)Oc1cc(C)ccc1-c1cccc-3c1. The third-order valence-corrected chi connectivity index (χ3v) is 10.1. The molecule has 2 atom stereocenters. The largest absolute Gasteiger partial charge is 0.488 e. The molecule has 0 aliphatic carbocycles. The first-order chi connectivity index (χ1) is 23.7. The fourth-order valence-corrected chi connectivity index (χ4v) is 7.29. The first-order valence-corrected chi connectivity index (χ1v) is 17.9. The predicted molar refractivity (Wildman–Crippen MR) is 198 cm³/mol. The van der Waals surface area contributed by atoms with E-state index in [1.807, 2.05) is 58.1 Å². The number of carbonyl (C=O) groups is 1. The highest BCUT2D eigenvalue weighted by Crippen LogP contribution is 2.44. The van der Waals surface area contributed by atoms with Gasteiger partial charge in [-0.05, 0) is 103 Å². The van der Waals surface area contributed by atoms with Crippen LogP contribution >= 0.6 is 11.6 Å². The lowest BCUT2D eigenvalue weighted by Gasteiger charge is -2.42. The number of ether oxygens (including phenoxy) is 5. The number of imidazole rings is 1. The average molecular weight is 704 g/mol. The van der Waals surface area contributed by atoms with Crippen LogP contribution in [0.15, 0.2) is 42.5 Å². The van der Waals surface area contributed by atoms with Crippen molar-refractivity contribution in [1.82, 2.24) is 9.38 Å². The van der Waals surface area contributed by atoms with E-state index in [0.29, 0.717) is 43.8 Å². The van der Waals surface area contributed by atoms with Gasteiger partial charge in [-0.3, -0.25) is 4.40 Å². The van der Waals surface area contributed by atoms with Crippen molar-refractivity contribution in [2.75, 3.05) is 44.9 Å². The second kappa shape index (κ2) is 14.2. The molecule has 0 spiro atoms. The first-order valence-electron chi connectivity index (χ1n) is 17.5. The number of aryl methyl sites for hydroxylation is 2. The molecule has 0 unspecified atom stereocenters. The van der Waals surface area contributed by atoms with Crippen LogP contribution in [0.25, 0.3) is 28.0 Å². The van der Waals surface area contributed by atoms with E-state index < -0.39 is 17.7 Å². The number of hydrogen-bond donors (Lipinski definition) is 0. The molecule has 0 saturated carbocycles. The van der Waals surface area contributed by atoms with Gasteiger partial charge in [-0.25, -0.2) is 9.78 Å². The number of nitrogens with zero attached hydrogens (tertiary/aromatic N) is 3. The van der Waals surface area contributed by atoms with E-state index in [0.717, 1.165) is 69.0 Å². The van der Waals surface area contributed by atoms with Gasteiger partial charge in [-0.15, -0.1) is 0 Å². The fraction of sp³-hybridized carbons (Fsp3) is 0.500. The van der Waals surface area contributed by atoms with Crippen molar-refractivity contribution >= 4 is 29.0 Å². The molecule has 1 fully saturated rings. The van der Waals surface area contributed by atoms with Gasteiger partial charge in [-0.1, -0.05) is 41.9 Å². The Morgan fingerprint density at radius 3 is 2.46 bits per heavy atom. The van der Waals surface area contributed by atoms with Crippen molar-refractivity contribution in [1.29, 1.82) is 0 Å². The highest BCUT2D eigenvalue weighted by molar-refractivity contribution is 6.32. The number of halogens is 1. The number of carbonyl (C=O) groups excluding carboxylic acids is 1. The Labute approximate surface area is 300 Å². The van der Waals surface area contributed by atoms with Gasteiger partial charge >= 0.3 is 5.97 Å². The Kier molecular flexibility index (Phi) is 10.3.